The molecule has 0 saturated heterocycles. The lowest BCUT2D eigenvalue weighted by atomic mass is 9.80. The second kappa shape index (κ2) is 38.3. The SMILES string of the molecule is CCOC(=O)C1CCCC1=O.CCOC(=O)CCCCCCC1(C(=O)OCC)CCC(Br)C1=O.CCOC(=O)CCCCCCC1(C(=O)OCC)CCCC1=O.COC(=O)CCCCCCC1=CCCC1=O. The number of alkyl halides is 1. The van der Waals surface area contributed by atoms with Crippen LogP contribution in [0, 0.1) is 16.7 Å². The Balaban J connectivity index is 0.000000495. The van der Waals surface area contributed by atoms with Crippen molar-refractivity contribution in [3.63, 3.8) is 0 Å². The summed E-state index contributed by atoms with van der Waals surface area (Å²) in [6.07, 6.45) is 23.1. The quantitative estimate of drug-likeness (QED) is 0.0223. The van der Waals surface area contributed by atoms with Crippen LogP contribution in [0.3, 0.4) is 0 Å². The van der Waals surface area contributed by atoms with Crippen molar-refractivity contribution >= 4 is 74.9 Å². The van der Waals surface area contributed by atoms with E-state index in [2.05, 4.69) is 26.7 Å². The highest BCUT2D eigenvalue weighted by atomic mass is 79.9. The lowest BCUT2D eigenvalue weighted by molar-refractivity contribution is -0.160. The molecule has 0 aromatic rings. The van der Waals surface area contributed by atoms with Crippen molar-refractivity contribution in [2.45, 2.75) is 219 Å². The van der Waals surface area contributed by atoms with E-state index in [0.717, 1.165) is 108 Å². The Hall–Kier alpha value is -4.28. The molecular formula is C55H87BrO16. The third-order valence-electron chi connectivity index (χ3n) is 13.3. The summed E-state index contributed by atoms with van der Waals surface area (Å²) < 4.78 is 29.3. The molecular weight excluding hydrogens is 996 g/mol. The monoisotopic (exact) mass is 1080 g/mol. The summed E-state index contributed by atoms with van der Waals surface area (Å²) in [5.41, 5.74) is -0.837. The van der Waals surface area contributed by atoms with E-state index in [0.29, 0.717) is 116 Å². The first-order valence-electron chi connectivity index (χ1n) is 26.9. The smallest absolute Gasteiger partial charge is 0.319 e. The number of Topliss-reactive ketones (excluding diaryl/α,β-unsaturated/α-hetero) is 4. The van der Waals surface area contributed by atoms with Crippen LogP contribution in [0.25, 0.3) is 0 Å². The average Bonchev–Trinajstić information content (AvgIpc) is 4.15. The fraction of sp³-hybridized carbons (Fsp3) is 0.782. The number of allylic oxidation sites excluding steroid dienone is 2. The topological polar surface area (TPSA) is 226 Å². The minimum absolute atomic E-state index is 0.0393. The van der Waals surface area contributed by atoms with Crippen LogP contribution in [-0.4, -0.2) is 104 Å². The predicted octanol–water partition coefficient (Wildman–Crippen LogP) is 10.5. The van der Waals surface area contributed by atoms with Crippen molar-refractivity contribution in [1.29, 1.82) is 0 Å². The maximum absolute atomic E-state index is 12.4. The van der Waals surface area contributed by atoms with E-state index >= 15 is 0 Å². The lowest BCUT2D eigenvalue weighted by Crippen LogP contribution is -2.38. The van der Waals surface area contributed by atoms with Crippen LogP contribution in [-0.2, 0) is 76.4 Å². The molecule has 4 aliphatic rings. The van der Waals surface area contributed by atoms with Crippen molar-refractivity contribution in [2.75, 3.05) is 40.1 Å². The first-order valence-corrected chi connectivity index (χ1v) is 27.8. The zero-order chi connectivity index (χ0) is 53.8. The number of halogens is 1. The molecule has 16 nitrogen and oxygen atoms in total. The number of unbranched alkanes of at least 4 members (excludes halogenated alkanes) is 9. The van der Waals surface area contributed by atoms with Crippen LogP contribution in [0.2, 0.25) is 0 Å². The molecule has 0 spiro atoms. The Morgan fingerprint density at radius 3 is 1.49 bits per heavy atom. The Labute approximate surface area is 437 Å². The molecule has 0 radical (unpaired) electrons. The Morgan fingerprint density at radius 1 is 0.556 bits per heavy atom. The Bertz CT molecular complexity index is 1760. The molecule has 4 aliphatic carbocycles. The molecule has 0 bridgehead atoms. The summed E-state index contributed by atoms with van der Waals surface area (Å²) in [4.78, 5) is 115. The summed E-state index contributed by atoms with van der Waals surface area (Å²) in [7, 11) is 1.42. The van der Waals surface area contributed by atoms with Gasteiger partial charge in [-0.3, -0.25) is 47.9 Å². The van der Waals surface area contributed by atoms with Crippen molar-refractivity contribution in [1.82, 2.24) is 0 Å². The number of ether oxygens (including phenoxy) is 6. The zero-order valence-electron chi connectivity index (χ0n) is 44.5. The molecule has 0 N–H and O–H groups in total. The molecule has 0 amide bonds. The van der Waals surface area contributed by atoms with Gasteiger partial charge in [0.15, 0.2) is 11.6 Å². The third-order valence-corrected chi connectivity index (χ3v) is 14.2. The number of carbonyl (C=O) groups excluding carboxylic acids is 10. The highest BCUT2D eigenvalue weighted by Crippen LogP contribution is 2.44. The van der Waals surface area contributed by atoms with Crippen molar-refractivity contribution in [3.8, 4) is 0 Å². The van der Waals surface area contributed by atoms with E-state index in [1.54, 1.807) is 34.6 Å². The fourth-order valence-corrected chi connectivity index (χ4v) is 10.0. The Kier molecular flexibility index (Phi) is 35.0. The van der Waals surface area contributed by atoms with Crippen LogP contribution in [0.15, 0.2) is 11.6 Å². The first kappa shape index (κ1) is 65.7. The van der Waals surface area contributed by atoms with Gasteiger partial charge < -0.3 is 28.4 Å². The zero-order valence-corrected chi connectivity index (χ0v) is 46.1. The minimum Gasteiger partial charge on any atom is -0.469 e. The second-order valence-corrected chi connectivity index (χ2v) is 19.6. The maximum Gasteiger partial charge on any atom is 0.319 e. The van der Waals surface area contributed by atoms with Crippen molar-refractivity contribution in [3.05, 3.63) is 11.6 Å². The summed E-state index contributed by atoms with van der Waals surface area (Å²) in [6, 6.07) is 0. The maximum atomic E-state index is 12.4. The number of hydrogen-bond acceptors (Lipinski definition) is 16. The normalized spacial score (nSPS) is 21.0. The van der Waals surface area contributed by atoms with E-state index in [1.807, 2.05) is 0 Å². The molecule has 17 heteroatoms. The number of esters is 6. The molecule has 0 heterocycles. The van der Waals surface area contributed by atoms with Gasteiger partial charge in [-0.1, -0.05) is 73.4 Å². The predicted molar refractivity (Wildman–Crippen MR) is 274 cm³/mol. The van der Waals surface area contributed by atoms with Crippen molar-refractivity contribution < 1.29 is 76.4 Å². The van der Waals surface area contributed by atoms with Gasteiger partial charge >= 0.3 is 35.8 Å². The van der Waals surface area contributed by atoms with E-state index in [1.165, 1.54) is 7.11 Å². The van der Waals surface area contributed by atoms with Gasteiger partial charge in [-0.15, -0.1) is 0 Å². The summed E-state index contributed by atoms with van der Waals surface area (Å²) in [5.74, 6) is -1.58. The number of methoxy groups -OCH3 is 1. The van der Waals surface area contributed by atoms with Gasteiger partial charge in [0.05, 0.1) is 45.0 Å². The number of rotatable bonds is 29. The van der Waals surface area contributed by atoms with E-state index < -0.39 is 16.7 Å². The van der Waals surface area contributed by atoms with Gasteiger partial charge in [0.1, 0.15) is 28.3 Å². The van der Waals surface area contributed by atoms with Crippen LogP contribution in [0.5, 0.6) is 0 Å². The van der Waals surface area contributed by atoms with Gasteiger partial charge in [0.25, 0.3) is 0 Å². The molecule has 0 aromatic heterocycles. The Morgan fingerprint density at radius 2 is 1.06 bits per heavy atom. The molecule has 410 valence electrons. The van der Waals surface area contributed by atoms with Crippen LogP contribution in [0.1, 0.15) is 214 Å². The van der Waals surface area contributed by atoms with E-state index in [-0.39, 0.29) is 58.0 Å². The highest BCUT2D eigenvalue weighted by molar-refractivity contribution is 9.10. The second-order valence-electron chi connectivity index (χ2n) is 18.5. The molecule has 4 unspecified atom stereocenters. The molecule has 4 atom stereocenters. The van der Waals surface area contributed by atoms with Gasteiger partial charge in [-0.25, -0.2) is 0 Å². The van der Waals surface area contributed by atoms with Crippen LogP contribution >= 0.6 is 15.9 Å². The third kappa shape index (κ3) is 24.2. The van der Waals surface area contributed by atoms with Crippen LogP contribution < -0.4 is 0 Å². The molecule has 3 fully saturated rings. The average molecular weight is 1080 g/mol. The fourth-order valence-electron chi connectivity index (χ4n) is 9.34. The van der Waals surface area contributed by atoms with Gasteiger partial charge in [0, 0.05) is 38.5 Å². The number of hydrogen-bond donors (Lipinski definition) is 0. The summed E-state index contributed by atoms with van der Waals surface area (Å²) in [5, 5.41) is 0. The van der Waals surface area contributed by atoms with Gasteiger partial charge in [-0.2, -0.15) is 0 Å². The lowest BCUT2D eigenvalue weighted by Gasteiger charge is -2.25. The highest BCUT2D eigenvalue weighted by Gasteiger charge is 2.53. The standard InChI is InChI=1S/C17H27BrO5.C17H28O5.C13H20O3.C8H12O3/c1-3-22-14(19)9-7-5-6-8-11-17(16(21)23-4-2)12-10-13(18)15(17)20;1-3-21-15(19)11-7-5-6-8-12-17(16(20)22-4-2)13-9-10-14(17)18;1-16-13(15)10-5-3-2-4-7-11-8-6-9-12(11)14;1-2-11-8(10)6-4-3-5-7(6)9/h13H,3-12H2,1-2H3;3-13H2,1-2H3;8H,2-7,9-10H2,1H3;6H,2-5H2,1H3. The minimum atomic E-state index is -0.967. The molecule has 0 aromatic carbocycles. The summed E-state index contributed by atoms with van der Waals surface area (Å²) in [6.45, 7) is 10.7. The van der Waals surface area contributed by atoms with E-state index in [9.17, 15) is 47.9 Å². The largest absolute Gasteiger partial charge is 0.469 e. The molecule has 0 aliphatic heterocycles. The molecule has 72 heavy (non-hydrogen) atoms. The van der Waals surface area contributed by atoms with Gasteiger partial charge in [-0.05, 0) is 130 Å². The molecule has 4 rings (SSSR count). The first-order chi connectivity index (χ1) is 34.5. The van der Waals surface area contributed by atoms with Crippen molar-refractivity contribution in [2.24, 2.45) is 16.7 Å². The number of carbonyl (C=O) groups is 10. The van der Waals surface area contributed by atoms with E-state index in [4.69, 9.17) is 23.7 Å². The van der Waals surface area contributed by atoms with Gasteiger partial charge in [0.2, 0.25) is 0 Å². The molecule has 3 saturated carbocycles. The summed E-state index contributed by atoms with van der Waals surface area (Å²) >= 11 is 3.35. The van der Waals surface area contributed by atoms with Crippen LogP contribution in [0.4, 0.5) is 0 Å². The number of ketones is 4.